The van der Waals surface area contributed by atoms with Gasteiger partial charge in [-0.05, 0) is 30.4 Å². The molecular formula is C15H16N2O2S. The molecule has 1 aliphatic heterocycles. The molecule has 104 valence electrons. The minimum atomic E-state index is -0.861. The van der Waals surface area contributed by atoms with Crippen molar-refractivity contribution in [3.8, 4) is 0 Å². The maximum absolute atomic E-state index is 12.3. The van der Waals surface area contributed by atoms with Gasteiger partial charge in [-0.15, -0.1) is 11.3 Å². The van der Waals surface area contributed by atoms with Crippen LogP contribution in [0.3, 0.4) is 0 Å². The van der Waals surface area contributed by atoms with Crippen molar-refractivity contribution < 1.29 is 9.90 Å². The van der Waals surface area contributed by atoms with Crippen molar-refractivity contribution in [1.29, 1.82) is 0 Å². The third-order valence-electron chi connectivity index (χ3n) is 3.81. The molecule has 0 atom stereocenters. The van der Waals surface area contributed by atoms with Crippen molar-refractivity contribution in [2.24, 2.45) is 0 Å². The number of hydrogen-bond donors (Lipinski definition) is 1. The van der Waals surface area contributed by atoms with Gasteiger partial charge in [-0.1, -0.05) is 12.1 Å². The predicted octanol–water partition coefficient (Wildman–Crippen LogP) is 2.27. The summed E-state index contributed by atoms with van der Waals surface area (Å²) in [7, 11) is 0. The molecule has 1 fully saturated rings. The Morgan fingerprint density at radius 1 is 1.30 bits per heavy atom. The maximum Gasteiger partial charge on any atom is 0.263 e. The van der Waals surface area contributed by atoms with E-state index in [1.165, 1.54) is 11.3 Å². The number of carbonyl (C=O) groups excluding carboxylic acids is 1. The quantitative estimate of drug-likeness (QED) is 0.922. The predicted molar refractivity (Wildman–Crippen MR) is 77.6 cm³/mol. The lowest BCUT2D eigenvalue weighted by molar-refractivity contribution is -0.0212. The Bertz CT molecular complexity index is 575. The average Bonchev–Trinajstić information content (AvgIpc) is 3.02. The summed E-state index contributed by atoms with van der Waals surface area (Å²) in [6.07, 6.45) is 4.50. The van der Waals surface area contributed by atoms with Crippen molar-refractivity contribution in [2.45, 2.75) is 18.4 Å². The van der Waals surface area contributed by atoms with Gasteiger partial charge in [0, 0.05) is 31.0 Å². The Hall–Kier alpha value is -1.72. The first-order chi connectivity index (χ1) is 9.69. The van der Waals surface area contributed by atoms with Crippen LogP contribution in [0.2, 0.25) is 0 Å². The number of carbonyl (C=O) groups is 1. The smallest absolute Gasteiger partial charge is 0.263 e. The number of aliphatic hydroxyl groups is 1. The second-order valence-corrected chi connectivity index (χ2v) is 5.99. The highest BCUT2D eigenvalue weighted by Gasteiger charge is 2.35. The largest absolute Gasteiger partial charge is 0.385 e. The Labute approximate surface area is 121 Å². The zero-order valence-electron chi connectivity index (χ0n) is 11.0. The summed E-state index contributed by atoms with van der Waals surface area (Å²) in [6, 6.07) is 7.45. The van der Waals surface area contributed by atoms with E-state index in [0.29, 0.717) is 25.9 Å². The molecule has 0 radical (unpaired) electrons. The van der Waals surface area contributed by atoms with Crippen LogP contribution in [-0.4, -0.2) is 34.0 Å². The monoisotopic (exact) mass is 288 g/mol. The summed E-state index contributed by atoms with van der Waals surface area (Å²) in [6.45, 7) is 1.14. The summed E-state index contributed by atoms with van der Waals surface area (Å²) in [5, 5.41) is 12.6. The first kappa shape index (κ1) is 13.3. The molecule has 0 bridgehead atoms. The Morgan fingerprint density at radius 3 is 2.70 bits per heavy atom. The molecule has 2 aromatic heterocycles. The fourth-order valence-corrected chi connectivity index (χ4v) is 3.25. The number of rotatable bonds is 2. The zero-order valence-corrected chi connectivity index (χ0v) is 11.8. The van der Waals surface area contributed by atoms with E-state index in [2.05, 4.69) is 4.98 Å². The Kier molecular flexibility index (Phi) is 3.54. The molecule has 3 heterocycles. The van der Waals surface area contributed by atoms with Crippen molar-refractivity contribution >= 4 is 17.2 Å². The molecule has 20 heavy (non-hydrogen) atoms. The Morgan fingerprint density at radius 2 is 2.10 bits per heavy atom. The number of pyridine rings is 1. The lowest BCUT2D eigenvalue weighted by Crippen LogP contribution is -2.45. The Balaban J connectivity index is 1.69. The summed E-state index contributed by atoms with van der Waals surface area (Å²) >= 11 is 1.46. The van der Waals surface area contributed by atoms with Gasteiger partial charge in [0.15, 0.2) is 0 Å². The molecule has 3 rings (SSSR count). The second-order valence-electron chi connectivity index (χ2n) is 5.04. The van der Waals surface area contributed by atoms with Gasteiger partial charge >= 0.3 is 0 Å². The summed E-state index contributed by atoms with van der Waals surface area (Å²) in [5.41, 5.74) is -0.0243. The average molecular weight is 288 g/mol. The lowest BCUT2D eigenvalue weighted by Gasteiger charge is -2.38. The van der Waals surface area contributed by atoms with Crippen LogP contribution < -0.4 is 0 Å². The molecule has 1 amide bonds. The van der Waals surface area contributed by atoms with E-state index in [1.807, 2.05) is 34.5 Å². The molecule has 0 aromatic carbocycles. The molecule has 5 heteroatoms. The first-order valence-corrected chi connectivity index (χ1v) is 7.53. The van der Waals surface area contributed by atoms with Gasteiger partial charge in [0.1, 0.15) is 0 Å². The van der Waals surface area contributed by atoms with E-state index >= 15 is 0 Å². The topological polar surface area (TPSA) is 53.4 Å². The van der Waals surface area contributed by atoms with Gasteiger partial charge in [-0.2, -0.15) is 0 Å². The number of amides is 1. The molecular weight excluding hydrogens is 272 g/mol. The van der Waals surface area contributed by atoms with Gasteiger partial charge in [0.05, 0.1) is 10.5 Å². The number of aromatic nitrogens is 1. The third kappa shape index (κ3) is 2.46. The van der Waals surface area contributed by atoms with Crippen LogP contribution in [0.15, 0.2) is 42.0 Å². The summed E-state index contributed by atoms with van der Waals surface area (Å²) in [5.74, 6) is 0.0632. The summed E-state index contributed by atoms with van der Waals surface area (Å²) < 4.78 is 0. The van der Waals surface area contributed by atoms with Gasteiger partial charge in [-0.25, -0.2) is 0 Å². The minimum Gasteiger partial charge on any atom is -0.385 e. The fraction of sp³-hybridized carbons (Fsp3) is 0.333. The third-order valence-corrected chi connectivity index (χ3v) is 4.67. The van der Waals surface area contributed by atoms with Gasteiger partial charge in [0.25, 0.3) is 5.91 Å². The van der Waals surface area contributed by atoms with Crippen LogP contribution >= 0.6 is 11.3 Å². The number of hydrogen-bond acceptors (Lipinski definition) is 4. The highest BCUT2D eigenvalue weighted by Crippen LogP contribution is 2.32. The van der Waals surface area contributed by atoms with Crippen molar-refractivity contribution in [3.05, 3.63) is 52.5 Å². The van der Waals surface area contributed by atoms with E-state index in [9.17, 15) is 9.90 Å². The number of nitrogens with zero attached hydrogens (tertiary/aromatic N) is 2. The standard InChI is InChI=1S/C15H16N2O2S/c18-14(13-4-2-10-20-13)17-8-5-15(19,6-9-17)12-3-1-7-16-11-12/h1-4,7,10-11,19H,5-6,8-9H2. The van der Waals surface area contributed by atoms with Gasteiger partial charge in [-0.3, -0.25) is 9.78 Å². The van der Waals surface area contributed by atoms with Crippen LogP contribution in [0.25, 0.3) is 0 Å². The highest BCUT2D eigenvalue weighted by atomic mass is 32.1. The molecule has 0 unspecified atom stereocenters. The number of piperidine rings is 1. The molecule has 0 aliphatic carbocycles. The molecule has 0 saturated carbocycles. The molecule has 1 aliphatic rings. The highest BCUT2D eigenvalue weighted by molar-refractivity contribution is 7.12. The van der Waals surface area contributed by atoms with E-state index in [-0.39, 0.29) is 5.91 Å². The fourth-order valence-electron chi connectivity index (χ4n) is 2.56. The van der Waals surface area contributed by atoms with Gasteiger partial charge < -0.3 is 10.0 Å². The van der Waals surface area contributed by atoms with Crippen molar-refractivity contribution in [2.75, 3.05) is 13.1 Å². The first-order valence-electron chi connectivity index (χ1n) is 6.65. The molecule has 1 N–H and O–H groups in total. The normalized spacial score (nSPS) is 17.9. The van der Waals surface area contributed by atoms with Gasteiger partial charge in [0.2, 0.25) is 0 Å². The van der Waals surface area contributed by atoms with Crippen LogP contribution in [0.5, 0.6) is 0 Å². The zero-order chi connectivity index (χ0) is 14.0. The lowest BCUT2D eigenvalue weighted by atomic mass is 9.85. The molecule has 4 nitrogen and oxygen atoms in total. The number of thiophene rings is 1. The van der Waals surface area contributed by atoms with E-state index in [0.717, 1.165) is 10.4 Å². The van der Waals surface area contributed by atoms with E-state index in [1.54, 1.807) is 12.4 Å². The molecule has 0 spiro atoms. The second kappa shape index (κ2) is 5.34. The van der Waals surface area contributed by atoms with Crippen molar-refractivity contribution in [1.82, 2.24) is 9.88 Å². The summed E-state index contributed by atoms with van der Waals surface area (Å²) in [4.78, 5) is 18.9. The molecule has 1 saturated heterocycles. The van der Waals surface area contributed by atoms with Crippen molar-refractivity contribution in [3.63, 3.8) is 0 Å². The van der Waals surface area contributed by atoms with Crippen LogP contribution in [0.4, 0.5) is 0 Å². The maximum atomic E-state index is 12.3. The van der Waals surface area contributed by atoms with Crippen LogP contribution in [0, 0.1) is 0 Å². The SMILES string of the molecule is O=C(c1cccs1)N1CCC(O)(c2cccnc2)CC1. The van der Waals surface area contributed by atoms with E-state index in [4.69, 9.17) is 0 Å². The van der Waals surface area contributed by atoms with E-state index < -0.39 is 5.60 Å². The number of likely N-dealkylation sites (tertiary alicyclic amines) is 1. The van der Waals surface area contributed by atoms with Crippen LogP contribution in [-0.2, 0) is 5.60 Å². The minimum absolute atomic E-state index is 0.0632. The molecule has 2 aromatic rings. The van der Waals surface area contributed by atoms with Crippen LogP contribution in [0.1, 0.15) is 28.1 Å².